The molecule has 0 fully saturated rings. The molecule has 152 valence electrons. The van der Waals surface area contributed by atoms with Crippen LogP contribution in [0.25, 0.3) is 11.5 Å². The van der Waals surface area contributed by atoms with E-state index in [-0.39, 0.29) is 6.09 Å². The molecule has 8 heteroatoms. The zero-order valence-electron chi connectivity index (χ0n) is 17.2. The summed E-state index contributed by atoms with van der Waals surface area (Å²) in [7, 11) is 3.39. The van der Waals surface area contributed by atoms with Crippen LogP contribution in [-0.2, 0) is 11.3 Å². The number of guanidine groups is 1. The molecule has 0 spiro atoms. The molecule has 0 unspecified atom stereocenters. The molecule has 0 aliphatic rings. The van der Waals surface area contributed by atoms with Crippen molar-refractivity contribution < 1.29 is 13.9 Å². The molecule has 0 aliphatic heterocycles. The van der Waals surface area contributed by atoms with Crippen molar-refractivity contribution in [2.45, 2.75) is 32.9 Å². The molecule has 1 amide bonds. The molecule has 0 atom stereocenters. The molecule has 28 heavy (non-hydrogen) atoms. The molecule has 1 aromatic heterocycles. The van der Waals surface area contributed by atoms with Gasteiger partial charge >= 0.3 is 6.09 Å². The summed E-state index contributed by atoms with van der Waals surface area (Å²) in [4.78, 5) is 22.1. The molecule has 8 nitrogen and oxygen atoms in total. The van der Waals surface area contributed by atoms with Gasteiger partial charge in [0.2, 0.25) is 5.89 Å². The molecule has 2 aromatic rings. The summed E-state index contributed by atoms with van der Waals surface area (Å²) < 4.78 is 10.8. The smallest absolute Gasteiger partial charge is 0.410 e. The number of nitrogens with one attached hydrogen (secondary N) is 2. The third-order valence-corrected chi connectivity index (χ3v) is 3.68. The van der Waals surface area contributed by atoms with E-state index in [2.05, 4.69) is 20.6 Å². The van der Waals surface area contributed by atoms with Gasteiger partial charge in [-0.15, -0.1) is 0 Å². The maximum atomic E-state index is 11.9. The minimum atomic E-state index is -0.507. The minimum Gasteiger partial charge on any atom is -0.444 e. The van der Waals surface area contributed by atoms with E-state index in [1.807, 2.05) is 51.1 Å². The lowest BCUT2D eigenvalue weighted by atomic mass is 10.2. The van der Waals surface area contributed by atoms with Crippen LogP contribution in [0.15, 0.2) is 46.0 Å². The second-order valence-corrected chi connectivity index (χ2v) is 7.26. The van der Waals surface area contributed by atoms with Crippen molar-refractivity contribution in [3.8, 4) is 11.5 Å². The summed E-state index contributed by atoms with van der Waals surface area (Å²) in [5, 5.41) is 6.33. The van der Waals surface area contributed by atoms with Crippen molar-refractivity contribution in [2.24, 2.45) is 4.99 Å². The van der Waals surface area contributed by atoms with E-state index in [9.17, 15) is 4.79 Å². The fourth-order valence-corrected chi connectivity index (χ4v) is 2.27. The highest BCUT2D eigenvalue weighted by molar-refractivity contribution is 5.79. The highest BCUT2D eigenvalue weighted by Gasteiger charge is 2.19. The SMILES string of the molecule is CN=C(NCCN(C)C(=O)OC(C)(C)C)NCc1coc(-c2ccccc2)n1. The van der Waals surface area contributed by atoms with Crippen LogP contribution in [0.4, 0.5) is 4.79 Å². The third kappa shape index (κ3) is 6.94. The second-order valence-electron chi connectivity index (χ2n) is 7.26. The maximum Gasteiger partial charge on any atom is 0.410 e. The highest BCUT2D eigenvalue weighted by Crippen LogP contribution is 2.17. The number of oxazole rings is 1. The van der Waals surface area contributed by atoms with E-state index in [4.69, 9.17) is 9.15 Å². The summed E-state index contributed by atoms with van der Waals surface area (Å²) in [6, 6.07) is 9.73. The van der Waals surface area contributed by atoms with Gasteiger partial charge in [0.25, 0.3) is 0 Å². The molecule has 2 N–H and O–H groups in total. The summed E-state index contributed by atoms with van der Waals surface area (Å²) in [5.74, 6) is 1.20. The normalized spacial score (nSPS) is 11.8. The first-order chi connectivity index (χ1) is 13.3. The van der Waals surface area contributed by atoms with Crippen molar-refractivity contribution in [1.29, 1.82) is 0 Å². The Morgan fingerprint density at radius 1 is 1.25 bits per heavy atom. The molecule has 0 radical (unpaired) electrons. The fraction of sp³-hybridized carbons (Fsp3) is 0.450. The highest BCUT2D eigenvalue weighted by atomic mass is 16.6. The average Bonchev–Trinajstić information content (AvgIpc) is 3.12. The van der Waals surface area contributed by atoms with Crippen LogP contribution in [-0.4, -0.2) is 54.7 Å². The van der Waals surface area contributed by atoms with Gasteiger partial charge in [-0.25, -0.2) is 9.78 Å². The number of benzene rings is 1. The van der Waals surface area contributed by atoms with E-state index < -0.39 is 5.60 Å². The van der Waals surface area contributed by atoms with Crippen LogP contribution in [0.3, 0.4) is 0 Å². The van der Waals surface area contributed by atoms with Crippen molar-refractivity contribution in [2.75, 3.05) is 27.2 Å². The Morgan fingerprint density at radius 3 is 2.61 bits per heavy atom. The van der Waals surface area contributed by atoms with Gasteiger partial charge in [0.15, 0.2) is 5.96 Å². The van der Waals surface area contributed by atoms with Crippen LogP contribution >= 0.6 is 0 Å². The molecule has 0 saturated heterocycles. The number of hydrogen-bond acceptors (Lipinski definition) is 5. The fourth-order valence-electron chi connectivity index (χ4n) is 2.27. The first kappa shape index (κ1) is 21.3. The lowest BCUT2D eigenvalue weighted by Gasteiger charge is -2.24. The van der Waals surface area contributed by atoms with E-state index >= 15 is 0 Å². The summed E-state index contributed by atoms with van der Waals surface area (Å²) >= 11 is 0. The van der Waals surface area contributed by atoms with Gasteiger partial charge in [-0.2, -0.15) is 0 Å². The number of hydrogen-bond donors (Lipinski definition) is 2. The Kier molecular flexibility index (Phi) is 7.43. The van der Waals surface area contributed by atoms with Crippen LogP contribution in [0, 0.1) is 0 Å². The Balaban J connectivity index is 1.76. The van der Waals surface area contributed by atoms with Gasteiger partial charge in [-0.1, -0.05) is 18.2 Å². The van der Waals surface area contributed by atoms with Gasteiger partial charge in [0.05, 0.1) is 12.2 Å². The van der Waals surface area contributed by atoms with Gasteiger partial charge < -0.3 is 24.7 Å². The van der Waals surface area contributed by atoms with Gasteiger partial charge in [-0.05, 0) is 32.9 Å². The first-order valence-electron chi connectivity index (χ1n) is 9.17. The van der Waals surface area contributed by atoms with Crippen molar-refractivity contribution >= 4 is 12.1 Å². The molecular weight excluding hydrogens is 358 g/mol. The number of ether oxygens (including phenoxy) is 1. The Bertz CT molecular complexity index is 781. The quantitative estimate of drug-likeness (QED) is 0.585. The van der Waals surface area contributed by atoms with Crippen LogP contribution in [0.2, 0.25) is 0 Å². The summed E-state index contributed by atoms with van der Waals surface area (Å²) in [6.45, 7) is 7.01. The standard InChI is InChI=1S/C20H29N5O3/c1-20(2,3)28-19(26)25(5)12-11-22-18(21-4)23-13-16-14-27-17(24-16)15-9-7-6-8-10-15/h6-10,14H,11-13H2,1-5H3,(H2,21,22,23). The zero-order chi connectivity index (χ0) is 20.6. The van der Waals surface area contributed by atoms with Crippen molar-refractivity contribution in [1.82, 2.24) is 20.5 Å². The summed E-state index contributed by atoms with van der Waals surface area (Å²) in [6.07, 6.45) is 1.27. The van der Waals surface area contributed by atoms with Crippen LogP contribution in [0.1, 0.15) is 26.5 Å². The molecule has 0 bridgehead atoms. The van der Waals surface area contributed by atoms with Crippen LogP contribution in [0.5, 0.6) is 0 Å². The molecule has 0 saturated carbocycles. The zero-order valence-corrected chi connectivity index (χ0v) is 17.2. The number of aliphatic imine (C=N–C) groups is 1. The summed E-state index contributed by atoms with van der Waals surface area (Å²) in [5.41, 5.74) is 1.20. The molecule has 0 aliphatic carbocycles. The van der Waals surface area contributed by atoms with Crippen molar-refractivity contribution in [3.05, 3.63) is 42.3 Å². The Hall–Kier alpha value is -3.03. The van der Waals surface area contributed by atoms with E-state index in [1.54, 1.807) is 20.4 Å². The number of likely N-dealkylation sites (N-methyl/N-ethyl adjacent to an activating group) is 1. The van der Waals surface area contributed by atoms with Gasteiger partial charge in [-0.3, -0.25) is 4.99 Å². The topological polar surface area (TPSA) is 92.0 Å². The Labute approximate surface area is 166 Å². The minimum absolute atomic E-state index is 0.353. The van der Waals surface area contributed by atoms with E-state index in [0.29, 0.717) is 31.5 Å². The van der Waals surface area contributed by atoms with Crippen LogP contribution < -0.4 is 10.6 Å². The maximum absolute atomic E-state index is 11.9. The Morgan fingerprint density at radius 2 is 1.96 bits per heavy atom. The predicted molar refractivity (Wildman–Crippen MR) is 109 cm³/mol. The van der Waals surface area contributed by atoms with Gasteiger partial charge in [0, 0.05) is 32.7 Å². The van der Waals surface area contributed by atoms with E-state index in [1.165, 1.54) is 4.90 Å². The number of nitrogens with zero attached hydrogens (tertiary/aromatic N) is 3. The second kappa shape index (κ2) is 9.77. The van der Waals surface area contributed by atoms with Crippen molar-refractivity contribution in [3.63, 3.8) is 0 Å². The van der Waals surface area contributed by atoms with E-state index in [0.717, 1.165) is 11.3 Å². The average molecular weight is 387 g/mol. The number of carbonyl (C=O) groups excluding carboxylic acids is 1. The monoisotopic (exact) mass is 387 g/mol. The number of rotatable bonds is 6. The molecule has 2 rings (SSSR count). The number of aromatic nitrogens is 1. The number of carbonyl (C=O) groups is 1. The molecule has 1 heterocycles. The number of amides is 1. The molecule has 1 aromatic carbocycles. The lowest BCUT2D eigenvalue weighted by Crippen LogP contribution is -2.42. The van der Waals surface area contributed by atoms with Gasteiger partial charge in [0.1, 0.15) is 11.9 Å². The predicted octanol–water partition coefficient (Wildman–Crippen LogP) is 2.87. The lowest BCUT2D eigenvalue weighted by molar-refractivity contribution is 0.0302. The molecular formula is C20H29N5O3. The third-order valence-electron chi connectivity index (χ3n) is 3.68. The first-order valence-corrected chi connectivity index (χ1v) is 9.17. The largest absolute Gasteiger partial charge is 0.444 e.